The molecule has 5 nitrogen and oxygen atoms in total. The number of carbonyl (C=O) groups is 2. The van der Waals surface area contributed by atoms with Crippen molar-refractivity contribution in [2.45, 2.75) is 32.3 Å². The molecule has 88 valence electrons. The molecule has 0 aliphatic carbocycles. The van der Waals surface area contributed by atoms with Crippen molar-refractivity contribution < 1.29 is 23.1 Å². The maximum absolute atomic E-state index is 12.6. The SMILES string of the molecule is CC(C)(C)OC(=O)NCC(F)(F)C(N)=O. The first-order chi connectivity index (χ1) is 6.54. The molecule has 3 N–H and O–H groups in total. The number of alkyl halides is 2. The average Bonchev–Trinajstić information content (AvgIpc) is 1.97. The topological polar surface area (TPSA) is 81.4 Å². The Morgan fingerprint density at radius 1 is 1.33 bits per heavy atom. The smallest absolute Gasteiger partial charge is 0.407 e. The molecule has 0 bridgehead atoms. The number of carbonyl (C=O) groups excluding carboxylic acids is 2. The molecule has 0 aromatic rings. The number of ether oxygens (including phenoxy) is 1. The number of alkyl carbamates (subject to hydrolysis) is 1. The highest BCUT2D eigenvalue weighted by Crippen LogP contribution is 2.11. The van der Waals surface area contributed by atoms with E-state index in [4.69, 9.17) is 0 Å². The molecule has 7 heteroatoms. The molecular formula is C8H14F2N2O3. The maximum atomic E-state index is 12.6. The summed E-state index contributed by atoms with van der Waals surface area (Å²) in [5, 5.41) is 1.75. The van der Waals surface area contributed by atoms with Crippen LogP contribution in [0.15, 0.2) is 0 Å². The van der Waals surface area contributed by atoms with E-state index < -0.39 is 30.1 Å². The Morgan fingerprint density at radius 2 is 1.80 bits per heavy atom. The summed E-state index contributed by atoms with van der Waals surface area (Å²) in [6.07, 6.45) is -1.02. The van der Waals surface area contributed by atoms with Crippen molar-refractivity contribution in [3.63, 3.8) is 0 Å². The van der Waals surface area contributed by atoms with E-state index in [0.717, 1.165) is 0 Å². The van der Waals surface area contributed by atoms with Crippen molar-refractivity contribution in [2.75, 3.05) is 6.54 Å². The number of primary amides is 1. The summed E-state index contributed by atoms with van der Waals surface area (Å²) in [4.78, 5) is 21.1. The van der Waals surface area contributed by atoms with Crippen LogP contribution in [0.2, 0.25) is 0 Å². The highest BCUT2D eigenvalue weighted by molar-refractivity contribution is 5.82. The summed E-state index contributed by atoms with van der Waals surface area (Å²) < 4.78 is 29.9. The number of hydrogen-bond donors (Lipinski definition) is 2. The molecule has 0 saturated heterocycles. The summed E-state index contributed by atoms with van der Waals surface area (Å²) in [7, 11) is 0. The summed E-state index contributed by atoms with van der Waals surface area (Å²) >= 11 is 0. The molecule has 0 spiro atoms. The van der Waals surface area contributed by atoms with Gasteiger partial charge in [-0.15, -0.1) is 0 Å². The summed E-state index contributed by atoms with van der Waals surface area (Å²) in [5.41, 5.74) is 3.62. The fourth-order valence-electron chi connectivity index (χ4n) is 0.584. The standard InChI is InChI=1S/C8H14F2N2O3/c1-7(2,3)15-6(14)12-4-8(9,10)5(11)13/h4H2,1-3H3,(H2,11,13)(H,12,14). The lowest BCUT2D eigenvalue weighted by atomic mass is 10.2. The Morgan fingerprint density at radius 3 is 2.13 bits per heavy atom. The van der Waals surface area contributed by atoms with Crippen LogP contribution < -0.4 is 11.1 Å². The molecule has 0 saturated carbocycles. The van der Waals surface area contributed by atoms with Gasteiger partial charge in [0.1, 0.15) is 5.60 Å². The third kappa shape index (κ3) is 5.82. The highest BCUT2D eigenvalue weighted by atomic mass is 19.3. The van der Waals surface area contributed by atoms with Crippen molar-refractivity contribution in [3.8, 4) is 0 Å². The van der Waals surface area contributed by atoms with Gasteiger partial charge in [-0.1, -0.05) is 0 Å². The van der Waals surface area contributed by atoms with Gasteiger partial charge in [-0.25, -0.2) is 4.79 Å². The second kappa shape index (κ2) is 4.41. The molecule has 0 atom stereocenters. The molecule has 0 aromatic heterocycles. The lowest BCUT2D eigenvalue weighted by Crippen LogP contribution is -2.46. The minimum Gasteiger partial charge on any atom is -0.444 e. The number of rotatable bonds is 3. The Labute approximate surface area is 86.0 Å². The quantitative estimate of drug-likeness (QED) is 0.737. The first kappa shape index (κ1) is 13.6. The number of nitrogens with one attached hydrogen (secondary N) is 1. The third-order valence-electron chi connectivity index (χ3n) is 1.21. The van der Waals surface area contributed by atoms with Crippen LogP contribution in [0, 0.1) is 0 Å². The van der Waals surface area contributed by atoms with Gasteiger partial charge in [-0.05, 0) is 20.8 Å². The zero-order valence-electron chi connectivity index (χ0n) is 8.77. The van der Waals surface area contributed by atoms with E-state index in [1.165, 1.54) is 0 Å². The van der Waals surface area contributed by atoms with Gasteiger partial charge in [-0.3, -0.25) is 4.79 Å². The Balaban J connectivity index is 4.07. The fourth-order valence-corrected chi connectivity index (χ4v) is 0.584. The largest absolute Gasteiger partial charge is 0.444 e. The van der Waals surface area contributed by atoms with Gasteiger partial charge in [0.25, 0.3) is 5.91 Å². The first-order valence-electron chi connectivity index (χ1n) is 4.19. The van der Waals surface area contributed by atoms with Crippen LogP contribution in [0.1, 0.15) is 20.8 Å². The Kier molecular flexibility index (Phi) is 4.00. The fraction of sp³-hybridized carbons (Fsp3) is 0.750. The second-order valence-corrected chi connectivity index (χ2v) is 3.92. The third-order valence-corrected chi connectivity index (χ3v) is 1.21. The van der Waals surface area contributed by atoms with Crippen LogP contribution in [-0.4, -0.2) is 30.1 Å². The minimum absolute atomic E-state index is 0.786. The van der Waals surface area contributed by atoms with Gasteiger partial charge in [0.15, 0.2) is 0 Å². The summed E-state index contributed by atoms with van der Waals surface area (Å²) in [6, 6.07) is 0. The summed E-state index contributed by atoms with van der Waals surface area (Å²) in [6.45, 7) is 3.58. The van der Waals surface area contributed by atoms with Gasteiger partial charge >= 0.3 is 12.0 Å². The zero-order valence-corrected chi connectivity index (χ0v) is 8.77. The predicted molar refractivity (Wildman–Crippen MR) is 48.4 cm³/mol. The molecule has 0 unspecified atom stereocenters. The molecule has 0 radical (unpaired) electrons. The van der Waals surface area contributed by atoms with Crippen LogP contribution in [0.3, 0.4) is 0 Å². The van der Waals surface area contributed by atoms with Crippen LogP contribution in [0.4, 0.5) is 13.6 Å². The van der Waals surface area contributed by atoms with E-state index in [-0.39, 0.29) is 0 Å². The molecule has 15 heavy (non-hydrogen) atoms. The zero-order chi connectivity index (χ0) is 12.3. The van der Waals surface area contributed by atoms with Crippen LogP contribution >= 0.6 is 0 Å². The van der Waals surface area contributed by atoms with Gasteiger partial charge in [0, 0.05) is 0 Å². The number of halogens is 2. The molecule has 0 fully saturated rings. The average molecular weight is 224 g/mol. The lowest BCUT2D eigenvalue weighted by Gasteiger charge is -2.20. The van der Waals surface area contributed by atoms with Crippen LogP contribution in [0.25, 0.3) is 0 Å². The minimum atomic E-state index is -3.77. The molecule has 2 amide bonds. The predicted octanol–water partition coefficient (Wildman–Crippen LogP) is 0.632. The van der Waals surface area contributed by atoms with Crippen molar-refractivity contribution in [1.82, 2.24) is 5.32 Å². The Hall–Kier alpha value is -1.40. The van der Waals surface area contributed by atoms with Crippen LogP contribution in [-0.2, 0) is 9.53 Å². The normalized spacial score (nSPS) is 12.1. The summed E-state index contributed by atoms with van der Waals surface area (Å²) in [5.74, 6) is -5.56. The second-order valence-electron chi connectivity index (χ2n) is 3.92. The van der Waals surface area contributed by atoms with E-state index in [9.17, 15) is 18.4 Å². The molecular weight excluding hydrogens is 210 g/mol. The number of hydrogen-bond acceptors (Lipinski definition) is 3. The monoisotopic (exact) mass is 224 g/mol. The molecule has 0 aliphatic rings. The van der Waals surface area contributed by atoms with Gasteiger partial charge in [-0.2, -0.15) is 8.78 Å². The lowest BCUT2D eigenvalue weighted by molar-refractivity contribution is -0.141. The van der Waals surface area contributed by atoms with E-state index in [0.29, 0.717) is 0 Å². The van der Waals surface area contributed by atoms with Crippen molar-refractivity contribution in [1.29, 1.82) is 0 Å². The maximum Gasteiger partial charge on any atom is 0.407 e. The van der Waals surface area contributed by atoms with E-state index in [1.54, 1.807) is 26.1 Å². The van der Waals surface area contributed by atoms with Crippen LogP contribution in [0.5, 0.6) is 0 Å². The number of amides is 2. The molecule has 0 rings (SSSR count). The highest BCUT2D eigenvalue weighted by Gasteiger charge is 2.37. The van der Waals surface area contributed by atoms with E-state index in [1.807, 2.05) is 0 Å². The molecule has 0 aromatic carbocycles. The van der Waals surface area contributed by atoms with E-state index >= 15 is 0 Å². The van der Waals surface area contributed by atoms with Crippen molar-refractivity contribution >= 4 is 12.0 Å². The van der Waals surface area contributed by atoms with E-state index in [2.05, 4.69) is 10.5 Å². The molecule has 0 heterocycles. The van der Waals surface area contributed by atoms with Crippen molar-refractivity contribution in [2.24, 2.45) is 5.73 Å². The van der Waals surface area contributed by atoms with Gasteiger partial charge in [0.2, 0.25) is 0 Å². The van der Waals surface area contributed by atoms with Crippen molar-refractivity contribution in [3.05, 3.63) is 0 Å². The van der Waals surface area contributed by atoms with Gasteiger partial charge in [0.05, 0.1) is 6.54 Å². The van der Waals surface area contributed by atoms with Gasteiger partial charge < -0.3 is 15.8 Å². The number of nitrogens with two attached hydrogens (primary N) is 1. The molecule has 0 aliphatic heterocycles. The Bertz CT molecular complexity index is 261. The first-order valence-corrected chi connectivity index (χ1v) is 4.19.